The SMILES string of the molecule is CCN1C(=O)C(=O)N(CN2CCc3cc(OC)c(OC)cc3C2c2ccccc2)C1=O. The first-order chi connectivity index (χ1) is 15.0. The number of carbonyl (C=O) groups excluding carboxylic acids is 3. The van der Waals surface area contributed by atoms with Gasteiger partial charge in [-0.1, -0.05) is 30.3 Å². The second-order valence-corrected chi connectivity index (χ2v) is 7.49. The zero-order chi connectivity index (χ0) is 22.1. The topological polar surface area (TPSA) is 79.4 Å². The van der Waals surface area contributed by atoms with Gasteiger partial charge in [0.2, 0.25) is 0 Å². The summed E-state index contributed by atoms with van der Waals surface area (Å²) >= 11 is 0. The van der Waals surface area contributed by atoms with Gasteiger partial charge in [0, 0.05) is 13.1 Å². The van der Waals surface area contributed by atoms with E-state index < -0.39 is 17.8 Å². The first-order valence-corrected chi connectivity index (χ1v) is 10.2. The molecule has 1 fully saturated rings. The van der Waals surface area contributed by atoms with Gasteiger partial charge in [0.1, 0.15) is 0 Å². The van der Waals surface area contributed by atoms with Gasteiger partial charge in [-0.05, 0) is 42.2 Å². The lowest BCUT2D eigenvalue weighted by molar-refractivity contribution is -0.144. The zero-order valence-electron chi connectivity index (χ0n) is 17.8. The molecular formula is C23H25N3O5. The minimum atomic E-state index is -0.781. The minimum Gasteiger partial charge on any atom is -0.493 e. The number of hydrogen-bond acceptors (Lipinski definition) is 6. The molecule has 8 heteroatoms. The summed E-state index contributed by atoms with van der Waals surface area (Å²) in [7, 11) is 3.20. The van der Waals surface area contributed by atoms with Gasteiger partial charge in [0.15, 0.2) is 11.5 Å². The number of urea groups is 1. The number of methoxy groups -OCH3 is 2. The summed E-state index contributed by atoms with van der Waals surface area (Å²) in [6, 6.07) is 13.0. The van der Waals surface area contributed by atoms with Crippen molar-refractivity contribution in [2.45, 2.75) is 19.4 Å². The molecule has 1 unspecified atom stereocenters. The molecule has 0 saturated carbocycles. The van der Waals surface area contributed by atoms with E-state index in [1.807, 2.05) is 47.4 Å². The highest BCUT2D eigenvalue weighted by Gasteiger charge is 2.45. The van der Waals surface area contributed by atoms with Crippen molar-refractivity contribution in [2.24, 2.45) is 0 Å². The Morgan fingerprint density at radius 1 is 0.935 bits per heavy atom. The average Bonchev–Trinajstić information content (AvgIpc) is 3.00. The molecule has 1 atom stereocenters. The Labute approximate surface area is 180 Å². The summed E-state index contributed by atoms with van der Waals surface area (Å²) in [5, 5.41) is 0. The van der Waals surface area contributed by atoms with E-state index in [1.54, 1.807) is 21.1 Å². The molecule has 0 radical (unpaired) electrons. The quantitative estimate of drug-likeness (QED) is 0.525. The molecule has 4 amide bonds. The molecule has 2 heterocycles. The summed E-state index contributed by atoms with van der Waals surface area (Å²) in [5.41, 5.74) is 3.16. The van der Waals surface area contributed by atoms with Crippen LogP contribution >= 0.6 is 0 Å². The number of amides is 4. The number of ether oxygens (including phenoxy) is 2. The lowest BCUT2D eigenvalue weighted by Gasteiger charge is -2.39. The Morgan fingerprint density at radius 2 is 1.58 bits per heavy atom. The third-order valence-corrected chi connectivity index (χ3v) is 5.86. The monoisotopic (exact) mass is 423 g/mol. The number of rotatable bonds is 6. The van der Waals surface area contributed by atoms with Crippen molar-refractivity contribution in [3.05, 3.63) is 59.2 Å². The average molecular weight is 423 g/mol. The van der Waals surface area contributed by atoms with Crippen molar-refractivity contribution in [3.8, 4) is 11.5 Å². The molecule has 0 aromatic heterocycles. The van der Waals surface area contributed by atoms with Crippen molar-refractivity contribution in [2.75, 3.05) is 34.0 Å². The van der Waals surface area contributed by atoms with E-state index in [-0.39, 0.29) is 19.3 Å². The van der Waals surface area contributed by atoms with Crippen LogP contribution in [0.2, 0.25) is 0 Å². The summed E-state index contributed by atoms with van der Waals surface area (Å²) in [6.45, 7) is 2.49. The predicted molar refractivity (Wildman–Crippen MR) is 113 cm³/mol. The van der Waals surface area contributed by atoms with E-state index in [1.165, 1.54) is 0 Å². The van der Waals surface area contributed by atoms with Crippen LogP contribution in [0, 0.1) is 0 Å². The zero-order valence-corrected chi connectivity index (χ0v) is 17.8. The van der Waals surface area contributed by atoms with Gasteiger partial charge in [-0.25, -0.2) is 9.69 Å². The molecule has 2 aromatic rings. The second-order valence-electron chi connectivity index (χ2n) is 7.49. The third kappa shape index (κ3) is 3.53. The standard InChI is InChI=1S/C23H25N3O5/c1-4-25-21(27)22(28)26(23(25)29)14-24-11-10-16-12-18(30-2)19(31-3)13-17(16)20(24)15-8-6-5-7-9-15/h5-9,12-13,20H,4,10-11,14H2,1-3H3. The highest BCUT2D eigenvalue weighted by molar-refractivity contribution is 6.44. The number of carbonyl (C=O) groups is 3. The first-order valence-electron chi connectivity index (χ1n) is 10.2. The van der Waals surface area contributed by atoms with Crippen LogP contribution < -0.4 is 9.47 Å². The van der Waals surface area contributed by atoms with Gasteiger partial charge in [0.25, 0.3) is 0 Å². The number of benzene rings is 2. The smallest absolute Gasteiger partial charge is 0.335 e. The summed E-state index contributed by atoms with van der Waals surface area (Å²) in [6.07, 6.45) is 0.709. The van der Waals surface area contributed by atoms with Gasteiger partial charge in [-0.15, -0.1) is 0 Å². The van der Waals surface area contributed by atoms with Gasteiger partial charge < -0.3 is 9.47 Å². The van der Waals surface area contributed by atoms with Crippen LogP contribution in [0.4, 0.5) is 4.79 Å². The van der Waals surface area contributed by atoms with Crippen molar-refractivity contribution in [1.29, 1.82) is 0 Å². The van der Waals surface area contributed by atoms with E-state index in [4.69, 9.17) is 9.47 Å². The predicted octanol–water partition coefficient (Wildman–Crippen LogP) is 2.42. The molecule has 1 saturated heterocycles. The summed E-state index contributed by atoms with van der Waals surface area (Å²) < 4.78 is 11.0. The molecule has 8 nitrogen and oxygen atoms in total. The second kappa shape index (κ2) is 8.39. The number of nitrogens with zero attached hydrogens (tertiary/aromatic N) is 3. The van der Waals surface area contributed by atoms with Crippen molar-refractivity contribution >= 4 is 17.8 Å². The van der Waals surface area contributed by atoms with Crippen LogP contribution in [-0.2, 0) is 16.0 Å². The van der Waals surface area contributed by atoms with Gasteiger partial charge in [0.05, 0.1) is 26.9 Å². The third-order valence-electron chi connectivity index (χ3n) is 5.86. The van der Waals surface area contributed by atoms with Gasteiger partial charge >= 0.3 is 17.8 Å². The lowest BCUT2D eigenvalue weighted by atomic mass is 9.88. The highest BCUT2D eigenvalue weighted by atomic mass is 16.5. The number of likely N-dealkylation sites (N-methyl/N-ethyl adjacent to an activating group) is 1. The normalized spacial score (nSPS) is 19.1. The molecule has 2 aliphatic heterocycles. The molecule has 31 heavy (non-hydrogen) atoms. The fourth-order valence-corrected chi connectivity index (χ4v) is 4.31. The summed E-state index contributed by atoms with van der Waals surface area (Å²) in [4.78, 5) is 41.4. The van der Waals surface area contributed by atoms with Crippen LogP contribution in [0.1, 0.15) is 29.7 Å². The van der Waals surface area contributed by atoms with Gasteiger partial charge in [-0.3, -0.25) is 19.4 Å². The highest BCUT2D eigenvalue weighted by Crippen LogP contribution is 2.41. The maximum absolute atomic E-state index is 12.7. The molecular weight excluding hydrogens is 398 g/mol. The fraction of sp³-hybridized carbons (Fsp3) is 0.348. The van der Waals surface area contributed by atoms with E-state index in [0.29, 0.717) is 24.5 Å². The minimum absolute atomic E-state index is 0.0350. The number of fused-ring (bicyclic) bond motifs is 1. The Kier molecular flexibility index (Phi) is 5.65. The van der Waals surface area contributed by atoms with Crippen LogP contribution in [0.15, 0.2) is 42.5 Å². The molecule has 2 aromatic carbocycles. The molecule has 162 valence electrons. The number of imide groups is 2. The maximum atomic E-state index is 12.7. The molecule has 0 bridgehead atoms. The first kappa shape index (κ1) is 20.9. The van der Waals surface area contributed by atoms with Gasteiger partial charge in [-0.2, -0.15) is 0 Å². The fourth-order valence-electron chi connectivity index (χ4n) is 4.31. The van der Waals surface area contributed by atoms with E-state index in [0.717, 1.165) is 26.5 Å². The van der Waals surface area contributed by atoms with Crippen LogP contribution in [-0.4, -0.2) is 66.5 Å². The van der Waals surface area contributed by atoms with Crippen LogP contribution in [0.5, 0.6) is 11.5 Å². The molecule has 2 aliphatic rings. The Morgan fingerprint density at radius 3 is 2.19 bits per heavy atom. The maximum Gasteiger partial charge on any atom is 0.335 e. The molecule has 0 aliphatic carbocycles. The molecule has 0 N–H and O–H groups in total. The lowest BCUT2D eigenvalue weighted by Crippen LogP contribution is -2.46. The van der Waals surface area contributed by atoms with E-state index in [9.17, 15) is 14.4 Å². The summed E-state index contributed by atoms with van der Waals surface area (Å²) in [5.74, 6) is -0.273. The van der Waals surface area contributed by atoms with Crippen molar-refractivity contribution in [1.82, 2.24) is 14.7 Å². The largest absolute Gasteiger partial charge is 0.493 e. The van der Waals surface area contributed by atoms with Crippen LogP contribution in [0.3, 0.4) is 0 Å². The Balaban J connectivity index is 1.75. The molecule has 4 rings (SSSR count). The van der Waals surface area contributed by atoms with E-state index in [2.05, 4.69) is 0 Å². The van der Waals surface area contributed by atoms with Crippen LogP contribution in [0.25, 0.3) is 0 Å². The number of hydrogen-bond donors (Lipinski definition) is 0. The molecule has 0 spiro atoms. The van der Waals surface area contributed by atoms with E-state index >= 15 is 0 Å². The Hall–Kier alpha value is -3.39. The Bertz CT molecular complexity index is 1020. The van der Waals surface area contributed by atoms with Crippen molar-refractivity contribution in [3.63, 3.8) is 0 Å². The van der Waals surface area contributed by atoms with Crippen molar-refractivity contribution < 1.29 is 23.9 Å².